The number of benzene rings is 1. The van der Waals surface area contributed by atoms with Crippen molar-refractivity contribution < 1.29 is 14.3 Å². The van der Waals surface area contributed by atoms with Crippen molar-refractivity contribution in [3.63, 3.8) is 0 Å². The molecule has 0 saturated heterocycles. The predicted octanol–water partition coefficient (Wildman–Crippen LogP) is 1.30. The summed E-state index contributed by atoms with van der Waals surface area (Å²) >= 11 is 0. The molecule has 4 heteroatoms. The lowest BCUT2D eigenvalue weighted by molar-refractivity contribution is -0.121. The molecule has 0 atom stereocenters. The number of likely N-dealkylation sites (N-methyl/N-ethyl adjacent to an activating group) is 1. The van der Waals surface area contributed by atoms with Gasteiger partial charge >= 0.3 is 0 Å². The maximum absolute atomic E-state index is 11.6. The van der Waals surface area contributed by atoms with E-state index < -0.39 is 0 Å². The number of nitrogens with zero attached hydrogens (tertiary/aromatic N) is 1. The third-order valence-corrected chi connectivity index (χ3v) is 2.09. The second-order valence-electron chi connectivity index (χ2n) is 3.06. The van der Waals surface area contributed by atoms with Gasteiger partial charge in [0.05, 0.1) is 12.8 Å². The summed E-state index contributed by atoms with van der Waals surface area (Å²) in [5, 5.41) is 0. The summed E-state index contributed by atoms with van der Waals surface area (Å²) in [6.45, 7) is 0.0640. The minimum absolute atomic E-state index is 0.0640. The van der Waals surface area contributed by atoms with E-state index in [0.29, 0.717) is 5.75 Å². The average molecular weight is 209 g/mol. The van der Waals surface area contributed by atoms with E-state index in [1.807, 2.05) is 24.3 Å². The van der Waals surface area contributed by atoms with Gasteiger partial charge in [-0.3, -0.25) is 4.79 Å². The van der Waals surface area contributed by atoms with Crippen molar-refractivity contribution in [1.82, 2.24) is 0 Å². The zero-order chi connectivity index (χ0) is 11.3. The van der Waals surface area contributed by atoms with Crippen LogP contribution in [0, 0.1) is 0 Å². The van der Waals surface area contributed by atoms with E-state index in [9.17, 15) is 4.79 Å². The number of carbonyl (C=O) groups excluding carboxylic acids is 1. The molecule has 0 bridgehead atoms. The largest absolute Gasteiger partial charge is 0.495 e. The Bertz CT molecular complexity index is 338. The lowest BCUT2D eigenvalue weighted by atomic mass is 10.2. The smallest absolute Gasteiger partial charge is 0.252 e. The molecule has 1 aromatic rings. The summed E-state index contributed by atoms with van der Waals surface area (Å²) in [7, 11) is 4.76. The third-order valence-electron chi connectivity index (χ3n) is 2.09. The fourth-order valence-corrected chi connectivity index (χ4v) is 1.26. The van der Waals surface area contributed by atoms with E-state index in [0.717, 1.165) is 5.69 Å². The van der Waals surface area contributed by atoms with Crippen LogP contribution in [0.4, 0.5) is 5.69 Å². The van der Waals surface area contributed by atoms with Gasteiger partial charge in [0.1, 0.15) is 12.4 Å². The minimum atomic E-state index is -0.109. The Hall–Kier alpha value is -1.55. The topological polar surface area (TPSA) is 38.8 Å². The van der Waals surface area contributed by atoms with Crippen LogP contribution < -0.4 is 9.64 Å². The summed E-state index contributed by atoms with van der Waals surface area (Å²) in [5.41, 5.74) is 0.738. The number of hydrogen-bond acceptors (Lipinski definition) is 3. The lowest BCUT2D eigenvalue weighted by Crippen LogP contribution is -2.29. The molecular weight excluding hydrogens is 194 g/mol. The van der Waals surface area contributed by atoms with E-state index in [1.165, 1.54) is 12.0 Å². The zero-order valence-electron chi connectivity index (χ0n) is 9.19. The molecule has 4 nitrogen and oxygen atoms in total. The zero-order valence-corrected chi connectivity index (χ0v) is 9.19. The molecule has 0 N–H and O–H groups in total. The normalized spacial score (nSPS) is 9.80. The molecule has 0 aliphatic carbocycles. The maximum atomic E-state index is 11.6. The average Bonchev–Trinajstić information content (AvgIpc) is 2.28. The molecule has 0 unspecified atom stereocenters. The highest BCUT2D eigenvalue weighted by Crippen LogP contribution is 2.26. The van der Waals surface area contributed by atoms with Crippen LogP contribution in [0.1, 0.15) is 0 Å². The first kappa shape index (κ1) is 11.5. The molecule has 0 fully saturated rings. The second kappa shape index (κ2) is 5.36. The van der Waals surface area contributed by atoms with Crippen LogP contribution in [0.5, 0.6) is 5.75 Å². The first-order valence-electron chi connectivity index (χ1n) is 4.59. The van der Waals surface area contributed by atoms with Gasteiger partial charge in [-0.15, -0.1) is 0 Å². The Balaban J connectivity index is 2.89. The molecule has 0 saturated carbocycles. The molecule has 15 heavy (non-hydrogen) atoms. The monoisotopic (exact) mass is 209 g/mol. The fraction of sp³-hybridized carbons (Fsp3) is 0.364. The van der Waals surface area contributed by atoms with Crippen LogP contribution in [-0.2, 0) is 9.53 Å². The van der Waals surface area contributed by atoms with Crippen LogP contribution in [-0.4, -0.2) is 33.8 Å². The SMILES string of the molecule is COCC(=O)N(C)c1ccccc1OC. The molecule has 0 heterocycles. The number of carbonyl (C=O) groups is 1. The standard InChI is InChI=1S/C11H15NO3/c1-12(11(13)8-14-2)9-6-4-5-7-10(9)15-3/h4-7H,8H2,1-3H3. The Labute approximate surface area is 89.4 Å². The molecule has 0 spiro atoms. The number of para-hydroxylation sites is 2. The number of hydrogen-bond donors (Lipinski definition) is 0. The van der Waals surface area contributed by atoms with Gasteiger partial charge in [0, 0.05) is 14.2 Å². The molecule has 0 aromatic heterocycles. The van der Waals surface area contributed by atoms with Crippen LogP contribution >= 0.6 is 0 Å². The number of anilines is 1. The number of ether oxygens (including phenoxy) is 2. The molecular formula is C11H15NO3. The maximum Gasteiger partial charge on any atom is 0.252 e. The summed E-state index contributed by atoms with van der Waals surface area (Å²) in [6, 6.07) is 7.35. The molecule has 1 amide bonds. The quantitative estimate of drug-likeness (QED) is 0.750. The fourth-order valence-electron chi connectivity index (χ4n) is 1.26. The van der Waals surface area contributed by atoms with Crippen molar-refractivity contribution in [3.05, 3.63) is 24.3 Å². The second-order valence-corrected chi connectivity index (χ2v) is 3.06. The predicted molar refractivity (Wildman–Crippen MR) is 58.3 cm³/mol. The molecule has 82 valence electrons. The summed E-state index contributed by atoms with van der Waals surface area (Å²) < 4.78 is 9.95. The highest BCUT2D eigenvalue weighted by molar-refractivity contribution is 5.95. The van der Waals surface area contributed by atoms with Crippen molar-refractivity contribution in [1.29, 1.82) is 0 Å². The molecule has 1 rings (SSSR count). The van der Waals surface area contributed by atoms with Crippen LogP contribution in [0.3, 0.4) is 0 Å². The van der Waals surface area contributed by atoms with Crippen LogP contribution in [0.2, 0.25) is 0 Å². The van der Waals surface area contributed by atoms with Gasteiger partial charge in [-0.2, -0.15) is 0 Å². The number of amides is 1. The number of methoxy groups -OCH3 is 2. The van der Waals surface area contributed by atoms with Gasteiger partial charge in [0.15, 0.2) is 0 Å². The van der Waals surface area contributed by atoms with Crippen molar-refractivity contribution >= 4 is 11.6 Å². The van der Waals surface area contributed by atoms with Gasteiger partial charge < -0.3 is 14.4 Å². The van der Waals surface area contributed by atoms with Crippen molar-refractivity contribution in [2.45, 2.75) is 0 Å². The van der Waals surface area contributed by atoms with E-state index in [2.05, 4.69) is 0 Å². The molecule has 1 aromatic carbocycles. The number of rotatable bonds is 4. The summed E-state index contributed by atoms with van der Waals surface area (Å²) in [5.74, 6) is 0.562. The Morgan fingerprint density at radius 1 is 1.33 bits per heavy atom. The Morgan fingerprint density at radius 3 is 2.60 bits per heavy atom. The lowest BCUT2D eigenvalue weighted by Gasteiger charge is -2.19. The van der Waals surface area contributed by atoms with Gasteiger partial charge in [0.25, 0.3) is 5.91 Å². The van der Waals surface area contributed by atoms with Crippen LogP contribution in [0.15, 0.2) is 24.3 Å². The van der Waals surface area contributed by atoms with E-state index >= 15 is 0 Å². The summed E-state index contributed by atoms with van der Waals surface area (Å²) in [6.07, 6.45) is 0. The van der Waals surface area contributed by atoms with Crippen molar-refractivity contribution in [3.8, 4) is 5.75 Å². The third kappa shape index (κ3) is 2.70. The highest BCUT2D eigenvalue weighted by atomic mass is 16.5. The molecule has 0 aliphatic heterocycles. The minimum Gasteiger partial charge on any atom is -0.495 e. The van der Waals surface area contributed by atoms with Crippen LogP contribution in [0.25, 0.3) is 0 Å². The van der Waals surface area contributed by atoms with Gasteiger partial charge in [-0.05, 0) is 12.1 Å². The highest BCUT2D eigenvalue weighted by Gasteiger charge is 2.13. The first-order valence-corrected chi connectivity index (χ1v) is 4.59. The van der Waals surface area contributed by atoms with Crippen molar-refractivity contribution in [2.75, 3.05) is 32.8 Å². The van der Waals surface area contributed by atoms with Crippen molar-refractivity contribution in [2.24, 2.45) is 0 Å². The Morgan fingerprint density at radius 2 is 2.00 bits per heavy atom. The van der Waals surface area contributed by atoms with Gasteiger partial charge in [-0.1, -0.05) is 12.1 Å². The molecule has 0 aliphatic rings. The van der Waals surface area contributed by atoms with E-state index in [-0.39, 0.29) is 12.5 Å². The Kier molecular flexibility index (Phi) is 4.12. The molecule has 0 radical (unpaired) electrons. The van der Waals surface area contributed by atoms with E-state index in [1.54, 1.807) is 14.2 Å². The van der Waals surface area contributed by atoms with Gasteiger partial charge in [0.2, 0.25) is 0 Å². The first-order chi connectivity index (χ1) is 7.20. The van der Waals surface area contributed by atoms with Gasteiger partial charge in [-0.25, -0.2) is 0 Å². The van der Waals surface area contributed by atoms with E-state index in [4.69, 9.17) is 9.47 Å². The summed E-state index contributed by atoms with van der Waals surface area (Å²) in [4.78, 5) is 13.1.